The third-order valence-electron chi connectivity index (χ3n) is 3.75. The summed E-state index contributed by atoms with van der Waals surface area (Å²) in [6.07, 6.45) is 6.55. The highest BCUT2D eigenvalue weighted by Gasteiger charge is 2.28. The number of nitrogens with one attached hydrogen (secondary N) is 2. The number of nitrogens with two attached hydrogens (primary N) is 1. The van der Waals surface area contributed by atoms with Crippen LogP contribution in [0.5, 0.6) is 0 Å². The molecule has 2 saturated carbocycles. The fourth-order valence-electron chi connectivity index (χ4n) is 2.44. The minimum absolute atomic E-state index is 0.0148. The maximum absolute atomic E-state index is 11.9. The predicted molar refractivity (Wildman–Crippen MR) is 68.7 cm³/mol. The van der Waals surface area contributed by atoms with Crippen LogP contribution >= 0.6 is 0 Å². The number of carbonyl (C=O) groups excluding carboxylic acids is 2. The van der Waals surface area contributed by atoms with Gasteiger partial charge < -0.3 is 16.4 Å². The molecule has 5 heteroatoms. The Morgan fingerprint density at radius 3 is 2.50 bits per heavy atom. The van der Waals surface area contributed by atoms with E-state index in [1.54, 1.807) is 0 Å². The maximum atomic E-state index is 11.9. The smallest absolute Gasteiger partial charge is 0.224 e. The van der Waals surface area contributed by atoms with Gasteiger partial charge in [-0.1, -0.05) is 12.8 Å². The van der Waals surface area contributed by atoms with Crippen molar-refractivity contribution in [1.82, 2.24) is 10.6 Å². The molecule has 5 nitrogen and oxygen atoms in total. The third kappa shape index (κ3) is 3.98. The Bertz CT molecular complexity index is 315. The second kappa shape index (κ2) is 6.18. The molecule has 2 unspecified atom stereocenters. The normalized spacial score (nSPS) is 27.6. The first-order chi connectivity index (χ1) is 8.66. The van der Waals surface area contributed by atoms with E-state index >= 15 is 0 Å². The van der Waals surface area contributed by atoms with E-state index in [2.05, 4.69) is 10.6 Å². The molecule has 0 aromatic heterocycles. The molecule has 2 aliphatic carbocycles. The summed E-state index contributed by atoms with van der Waals surface area (Å²) in [6, 6.07) is 0.374. The molecule has 0 aliphatic heterocycles. The lowest BCUT2D eigenvalue weighted by Gasteiger charge is -2.27. The molecule has 0 radical (unpaired) electrons. The van der Waals surface area contributed by atoms with Crippen LogP contribution in [0.25, 0.3) is 0 Å². The van der Waals surface area contributed by atoms with Gasteiger partial charge in [0, 0.05) is 25.0 Å². The number of hydrogen-bond donors (Lipinski definition) is 3. The van der Waals surface area contributed by atoms with Crippen LogP contribution in [0.4, 0.5) is 0 Å². The van der Waals surface area contributed by atoms with Crippen molar-refractivity contribution in [3.63, 3.8) is 0 Å². The molecule has 0 spiro atoms. The van der Waals surface area contributed by atoms with Crippen molar-refractivity contribution in [2.24, 2.45) is 11.7 Å². The Balaban J connectivity index is 1.62. The quantitative estimate of drug-likeness (QED) is 0.658. The second-order valence-corrected chi connectivity index (χ2v) is 5.44. The Hall–Kier alpha value is -1.10. The number of carbonyl (C=O) groups is 2. The molecule has 0 heterocycles. The second-order valence-electron chi connectivity index (χ2n) is 5.44. The topological polar surface area (TPSA) is 84.2 Å². The number of amides is 2. The van der Waals surface area contributed by atoms with Gasteiger partial charge in [-0.25, -0.2) is 0 Å². The molecule has 0 bridgehead atoms. The molecule has 102 valence electrons. The van der Waals surface area contributed by atoms with Crippen LogP contribution in [0.2, 0.25) is 0 Å². The first kappa shape index (κ1) is 13.3. The summed E-state index contributed by atoms with van der Waals surface area (Å²) < 4.78 is 0. The average Bonchev–Trinajstić information content (AvgIpc) is 3.13. The molecule has 2 amide bonds. The van der Waals surface area contributed by atoms with Crippen molar-refractivity contribution in [2.75, 3.05) is 6.54 Å². The highest BCUT2D eigenvalue weighted by atomic mass is 16.2. The van der Waals surface area contributed by atoms with Gasteiger partial charge in [-0.3, -0.25) is 9.59 Å². The fourth-order valence-corrected chi connectivity index (χ4v) is 2.44. The van der Waals surface area contributed by atoms with E-state index in [0.29, 0.717) is 19.0 Å². The van der Waals surface area contributed by atoms with Gasteiger partial charge in [-0.15, -0.1) is 0 Å². The van der Waals surface area contributed by atoms with E-state index in [1.165, 1.54) is 0 Å². The monoisotopic (exact) mass is 253 g/mol. The summed E-state index contributed by atoms with van der Waals surface area (Å²) in [5.41, 5.74) is 5.95. The zero-order chi connectivity index (χ0) is 13.0. The molecule has 0 saturated heterocycles. The fraction of sp³-hybridized carbons (Fsp3) is 0.846. The van der Waals surface area contributed by atoms with Gasteiger partial charge in [0.15, 0.2) is 0 Å². The Morgan fingerprint density at radius 2 is 1.83 bits per heavy atom. The highest BCUT2D eigenvalue weighted by Crippen LogP contribution is 2.23. The van der Waals surface area contributed by atoms with Crippen molar-refractivity contribution in [3.8, 4) is 0 Å². The highest BCUT2D eigenvalue weighted by molar-refractivity contribution is 5.81. The standard InChI is InChI=1S/C13H23N3O2/c14-11-4-2-1-3-10(11)13(18)15-8-7-12(17)16-9-5-6-9/h9-11H,1-8,14H2,(H,15,18)(H,16,17). The van der Waals surface area contributed by atoms with Crippen molar-refractivity contribution in [3.05, 3.63) is 0 Å². The lowest BCUT2D eigenvalue weighted by molar-refractivity contribution is -0.126. The van der Waals surface area contributed by atoms with E-state index in [1.807, 2.05) is 0 Å². The minimum atomic E-state index is -0.0646. The Labute approximate surface area is 108 Å². The molecule has 0 aromatic rings. The zero-order valence-corrected chi connectivity index (χ0v) is 10.8. The van der Waals surface area contributed by atoms with Crippen LogP contribution in [-0.4, -0.2) is 30.4 Å². The van der Waals surface area contributed by atoms with Gasteiger partial charge in [-0.2, -0.15) is 0 Å². The first-order valence-corrected chi connectivity index (χ1v) is 6.99. The van der Waals surface area contributed by atoms with Gasteiger partial charge >= 0.3 is 0 Å². The van der Waals surface area contributed by atoms with Gasteiger partial charge in [-0.05, 0) is 25.7 Å². The lowest BCUT2D eigenvalue weighted by atomic mass is 9.84. The lowest BCUT2D eigenvalue weighted by Crippen LogP contribution is -2.44. The Kier molecular flexibility index (Phi) is 4.58. The summed E-state index contributed by atoms with van der Waals surface area (Å²) >= 11 is 0. The SMILES string of the molecule is NC1CCCCC1C(=O)NCCC(=O)NC1CC1. The minimum Gasteiger partial charge on any atom is -0.355 e. The maximum Gasteiger partial charge on any atom is 0.224 e. The van der Waals surface area contributed by atoms with Crippen LogP contribution in [0, 0.1) is 5.92 Å². The molecular weight excluding hydrogens is 230 g/mol. The summed E-state index contributed by atoms with van der Waals surface area (Å²) in [5, 5.41) is 5.73. The summed E-state index contributed by atoms with van der Waals surface area (Å²) in [6.45, 7) is 0.417. The number of rotatable bonds is 5. The molecule has 4 N–H and O–H groups in total. The molecule has 2 atom stereocenters. The van der Waals surface area contributed by atoms with Crippen LogP contribution < -0.4 is 16.4 Å². The number of hydrogen-bond acceptors (Lipinski definition) is 3. The van der Waals surface area contributed by atoms with Crippen molar-refractivity contribution in [2.45, 2.75) is 57.0 Å². The zero-order valence-electron chi connectivity index (χ0n) is 10.8. The molecular formula is C13H23N3O2. The van der Waals surface area contributed by atoms with Crippen LogP contribution in [0.1, 0.15) is 44.9 Å². The van der Waals surface area contributed by atoms with E-state index in [4.69, 9.17) is 5.73 Å². The van der Waals surface area contributed by atoms with Crippen LogP contribution in [-0.2, 0) is 9.59 Å². The largest absolute Gasteiger partial charge is 0.355 e. The van der Waals surface area contributed by atoms with Crippen molar-refractivity contribution in [1.29, 1.82) is 0 Å². The van der Waals surface area contributed by atoms with Crippen LogP contribution in [0.3, 0.4) is 0 Å². The molecule has 2 aliphatic rings. The molecule has 2 fully saturated rings. The molecule has 18 heavy (non-hydrogen) atoms. The van der Waals surface area contributed by atoms with Crippen molar-refractivity contribution < 1.29 is 9.59 Å². The van der Waals surface area contributed by atoms with Gasteiger partial charge in [0.05, 0.1) is 5.92 Å². The van der Waals surface area contributed by atoms with E-state index in [0.717, 1.165) is 38.5 Å². The van der Waals surface area contributed by atoms with Crippen molar-refractivity contribution >= 4 is 11.8 Å². The molecule has 0 aromatic carbocycles. The third-order valence-corrected chi connectivity index (χ3v) is 3.75. The van der Waals surface area contributed by atoms with Gasteiger partial charge in [0.1, 0.15) is 0 Å². The average molecular weight is 253 g/mol. The molecule has 2 rings (SSSR count). The summed E-state index contributed by atoms with van der Waals surface area (Å²) in [7, 11) is 0. The van der Waals surface area contributed by atoms with Gasteiger partial charge in [0.2, 0.25) is 11.8 Å². The summed E-state index contributed by atoms with van der Waals surface area (Å²) in [4.78, 5) is 23.3. The summed E-state index contributed by atoms with van der Waals surface area (Å²) in [5.74, 6) is -0.0163. The van der Waals surface area contributed by atoms with E-state index in [-0.39, 0.29) is 23.8 Å². The first-order valence-electron chi connectivity index (χ1n) is 6.99. The van der Waals surface area contributed by atoms with E-state index < -0.39 is 0 Å². The van der Waals surface area contributed by atoms with E-state index in [9.17, 15) is 9.59 Å². The predicted octanol–water partition coefficient (Wildman–Crippen LogP) is 0.289. The van der Waals surface area contributed by atoms with Crippen LogP contribution in [0.15, 0.2) is 0 Å². The Morgan fingerprint density at radius 1 is 1.11 bits per heavy atom. The van der Waals surface area contributed by atoms with Gasteiger partial charge in [0.25, 0.3) is 0 Å².